The van der Waals surface area contributed by atoms with E-state index in [2.05, 4.69) is 53.4 Å². The van der Waals surface area contributed by atoms with Crippen LogP contribution in [0.2, 0.25) is 0 Å². The SMILES string of the molecule is CCC1(c2ccc3c(c2)CC(C)N3)C=c2[nH]c(SCC(=O)O)nc2=CC1Cl. The molecule has 3 atom stereocenters. The number of hydrogen-bond acceptors (Lipinski definition) is 4. The number of anilines is 1. The molecule has 3 N–H and O–H groups in total. The van der Waals surface area contributed by atoms with Crippen LogP contribution >= 0.6 is 23.4 Å². The summed E-state index contributed by atoms with van der Waals surface area (Å²) in [7, 11) is 0. The number of benzene rings is 1. The number of rotatable bonds is 5. The Bertz CT molecular complexity index is 1020. The summed E-state index contributed by atoms with van der Waals surface area (Å²) in [4.78, 5) is 18.6. The van der Waals surface area contributed by atoms with Crippen LogP contribution in [0.1, 0.15) is 31.4 Å². The van der Waals surface area contributed by atoms with Crippen molar-refractivity contribution in [3.63, 3.8) is 0 Å². The second-order valence-corrected chi connectivity index (χ2v) is 8.69. The van der Waals surface area contributed by atoms with Gasteiger partial charge in [0, 0.05) is 17.1 Å². The normalized spacial score (nSPS) is 25.7. The molecule has 4 rings (SSSR count). The molecule has 1 aromatic carbocycles. The Morgan fingerprint density at radius 3 is 3.04 bits per heavy atom. The lowest BCUT2D eigenvalue weighted by molar-refractivity contribution is -0.133. The highest BCUT2D eigenvalue weighted by molar-refractivity contribution is 7.99. The lowest BCUT2D eigenvalue weighted by atomic mass is 9.72. The fourth-order valence-electron chi connectivity index (χ4n) is 4.02. The second kappa shape index (κ2) is 6.91. The molecule has 27 heavy (non-hydrogen) atoms. The third kappa shape index (κ3) is 3.25. The van der Waals surface area contributed by atoms with Gasteiger partial charge in [0.05, 0.1) is 21.8 Å². The fraction of sp³-hybridized carbons (Fsp3) is 0.400. The predicted octanol–water partition coefficient (Wildman–Crippen LogP) is 2.47. The summed E-state index contributed by atoms with van der Waals surface area (Å²) in [6.45, 7) is 4.34. The molecule has 0 fully saturated rings. The molecule has 0 bridgehead atoms. The van der Waals surface area contributed by atoms with E-state index >= 15 is 0 Å². The van der Waals surface area contributed by atoms with Crippen molar-refractivity contribution in [2.75, 3.05) is 11.1 Å². The molecule has 5 nitrogen and oxygen atoms in total. The van der Waals surface area contributed by atoms with Gasteiger partial charge in [0.2, 0.25) is 0 Å². The maximum Gasteiger partial charge on any atom is 0.313 e. The van der Waals surface area contributed by atoms with E-state index in [0.29, 0.717) is 11.2 Å². The molecule has 0 amide bonds. The number of carboxylic acids is 1. The maximum absolute atomic E-state index is 10.8. The zero-order valence-corrected chi connectivity index (χ0v) is 16.8. The van der Waals surface area contributed by atoms with Gasteiger partial charge in [-0.1, -0.05) is 30.8 Å². The van der Waals surface area contributed by atoms with Crippen LogP contribution in [0.3, 0.4) is 0 Å². The summed E-state index contributed by atoms with van der Waals surface area (Å²) in [6.07, 6.45) is 6.03. The molecule has 2 aliphatic rings. The number of H-pyrrole nitrogens is 1. The standard InChI is InChI=1S/C20H22ClN3O2S/c1-3-20(13-4-5-14-12(7-13)6-11(2)22-14)9-16-15(8-17(20)21)23-19(24-16)27-10-18(25)26/h4-5,7-9,11,17,22H,3,6,10H2,1-2H3,(H,23,24)(H,25,26). The second-order valence-electron chi connectivity index (χ2n) is 7.25. The highest BCUT2D eigenvalue weighted by Gasteiger charge is 2.38. The van der Waals surface area contributed by atoms with Crippen molar-refractivity contribution in [1.29, 1.82) is 0 Å². The number of carbonyl (C=O) groups is 1. The minimum atomic E-state index is -0.860. The van der Waals surface area contributed by atoms with E-state index < -0.39 is 5.97 Å². The van der Waals surface area contributed by atoms with Crippen LogP contribution in [0.5, 0.6) is 0 Å². The Labute approximate surface area is 166 Å². The van der Waals surface area contributed by atoms with Crippen molar-refractivity contribution in [1.82, 2.24) is 9.97 Å². The fourth-order valence-corrected chi connectivity index (χ4v) is 5.09. The lowest BCUT2D eigenvalue weighted by Crippen LogP contribution is -2.43. The molecule has 0 saturated carbocycles. The summed E-state index contributed by atoms with van der Waals surface area (Å²) >= 11 is 8.05. The van der Waals surface area contributed by atoms with E-state index in [0.717, 1.165) is 23.5 Å². The van der Waals surface area contributed by atoms with Crippen LogP contribution in [0.15, 0.2) is 23.4 Å². The first-order valence-electron chi connectivity index (χ1n) is 9.10. The van der Waals surface area contributed by atoms with Crippen molar-refractivity contribution in [2.24, 2.45) is 0 Å². The third-order valence-corrected chi connectivity index (χ3v) is 6.80. The number of aromatic amines is 1. The topological polar surface area (TPSA) is 78.0 Å². The highest BCUT2D eigenvalue weighted by Crippen LogP contribution is 2.40. The van der Waals surface area contributed by atoms with E-state index in [1.807, 2.05) is 6.08 Å². The zero-order chi connectivity index (χ0) is 19.2. The molecule has 0 saturated heterocycles. The van der Waals surface area contributed by atoms with Crippen molar-refractivity contribution in [3.05, 3.63) is 40.0 Å². The number of nitrogens with zero attached hydrogens (tertiary/aromatic N) is 1. The van der Waals surface area contributed by atoms with Gasteiger partial charge in [-0.3, -0.25) is 4.79 Å². The van der Waals surface area contributed by atoms with Gasteiger partial charge in [-0.05, 0) is 49.1 Å². The number of nitrogens with one attached hydrogen (secondary N) is 2. The minimum absolute atomic E-state index is 0.0222. The average Bonchev–Trinajstić information content (AvgIpc) is 3.19. The van der Waals surface area contributed by atoms with Gasteiger partial charge < -0.3 is 15.4 Å². The number of imidazole rings is 1. The van der Waals surface area contributed by atoms with Crippen molar-refractivity contribution >= 4 is 47.2 Å². The molecule has 2 aromatic rings. The van der Waals surface area contributed by atoms with E-state index in [1.54, 1.807) is 0 Å². The smallest absolute Gasteiger partial charge is 0.313 e. The molecule has 1 aromatic heterocycles. The first kappa shape index (κ1) is 18.4. The maximum atomic E-state index is 10.8. The van der Waals surface area contributed by atoms with E-state index in [-0.39, 0.29) is 16.5 Å². The van der Waals surface area contributed by atoms with Crippen molar-refractivity contribution in [3.8, 4) is 0 Å². The van der Waals surface area contributed by atoms with Crippen molar-refractivity contribution < 1.29 is 9.90 Å². The Hall–Kier alpha value is -1.92. The Morgan fingerprint density at radius 2 is 2.30 bits per heavy atom. The van der Waals surface area contributed by atoms with Gasteiger partial charge >= 0.3 is 5.97 Å². The molecule has 142 valence electrons. The van der Waals surface area contributed by atoms with Gasteiger partial charge in [-0.25, -0.2) is 4.98 Å². The molecule has 7 heteroatoms. The predicted molar refractivity (Wildman–Crippen MR) is 110 cm³/mol. The summed E-state index contributed by atoms with van der Waals surface area (Å²) < 4.78 is 0. The van der Waals surface area contributed by atoms with Gasteiger partial charge in [-0.15, -0.1) is 11.6 Å². The number of aromatic nitrogens is 2. The molecule has 0 radical (unpaired) electrons. The first-order chi connectivity index (χ1) is 12.9. The van der Waals surface area contributed by atoms with Crippen LogP contribution < -0.4 is 16.0 Å². The summed E-state index contributed by atoms with van der Waals surface area (Å²) in [5, 5.41) is 14.5. The lowest BCUT2D eigenvalue weighted by Gasteiger charge is -2.35. The molecule has 2 heterocycles. The van der Waals surface area contributed by atoms with Crippen LogP contribution in [-0.2, 0) is 16.6 Å². The quantitative estimate of drug-likeness (QED) is 0.528. The highest BCUT2D eigenvalue weighted by atomic mass is 35.5. The molecule has 1 aliphatic carbocycles. The number of alkyl halides is 1. The Kier molecular flexibility index (Phi) is 4.72. The summed E-state index contributed by atoms with van der Waals surface area (Å²) in [5.41, 5.74) is 3.42. The number of aliphatic carboxylic acids is 1. The average molecular weight is 404 g/mol. The zero-order valence-electron chi connectivity index (χ0n) is 15.3. The van der Waals surface area contributed by atoms with E-state index in [1.165, 1.54) is 28.6 Å². The Morgan fingerprint density at radius 1 is 1.48 bits per heavy atom. The summed E-state index contributed by atoms with van der Waals surface area (Å²) in [6, 6.07) is 7.04. The molecule has 0 spiro atoms. The third-order valence-electron chi connectivity index (χ3n) is 5.43. The molecular weight excluding hydrogens is 382 g/mol. The van der Waals surface area contributed by atoms with Gasteiger partial charge in [0.25, 0.3) is 0 Å². The van der Waals surface area contributed by atoms with E-state index in [9.17, 15) is 4.79 Å². The van der Waals surface area contributed by atoms with E-state index in [4.69, 9.17) is 16.7 Å². The van der Waals surface area contributed by atoms with Crippen LogP contribution in [0.4, 0.5) is 5.69 Å². The number of hydrogen-bond donors (Lipinski definition) is 3. The first-order valence-corrected chi connectivity index (χ1v) is 10.5. The minimum Gasteiger partial charge on any atom is -0.481 e. The number of halogens is 1. The largest absolute Gasteiger partial charge is 0.481 e. The van der Waals surface area contributed by atoms with Crippen LogP contribution in [0, 0.1) is 0 Å². The van der Waals surface area contributed by atoms with Gasteiger partial charge in [-0.2, -0.15) is 0 Å². The molecular formula is C20H22ClN3O2S. The number of carboxylic acid groups (broad SMARTS) is 1. The number of thioether (sulfide) groups is 1. The van der Waals surface area contributed by atoms with Crippen molar-refractivity contribution in [2.45, 2.75) is 48.7 Å². The Balaban J connectivity index is 1.76. The molecule has 1 aliphatic heterocycles. The summed E-state index contributed by atoms with van der Waals surface area (Å²) in [5.74, 6) is -0.882. The van der Waals surface area contributed by atoms with Gasteiger partial charge in [0.15, 0.2) is 5.16 Å². The molecule has 3 unspecified atom stereocenters. The van der Waals surface area contributed by atoms with Crippen LogP contribution in [-0.4, -0.2) is 38.2 Å². The monoisotopic (exact) mass is 403 g/mol. The van der Waals surface area contributed by atoms with Gasteiger partial charge in [0.1, 0.15) is 0 Å². The number of fused-ring (bicyclic) bond motifs is 2. The van der Waals surface area contributed by atoms with Crippen LogP contribution in [0.25, 0.3) is 12.2 Å².